The molecule has 0 amide bonds. The summed E-state index contributed by atoms with van der Waals surface area (Å²) >= 11 is 3.36. The highest BCUT2D eigenvalue weighted by molar-refractivity contribution is 9.10. The van der Waals surface area contributed by atoms with Crippen molar-refractivity contribution in [3.63, 3.8) is 0 Å². The molecule has 0 fully saturated rings. The molecule has 0 aliphatic rings. The second-order valence-electron chi connectivity index (χ2n) is 2.94. The van der Waals surface area contributed by atoms with E-state index in [-0.39, 0.29) is 5.69 Å². The van der Waals surface area contributed by atoms with Gasteiger partial charge in [0.05, 0.1) is 5.69 Å². The Balaban J connectivity index is 2.60. The minimum absolute atomic E-state index is 0.232. The number of nitrogens with zero attached hydrogens (tertiary/aromatic N) is 4. The van der Waals surface area contributed by atoms with Gasteiger partial charge in [0.15, 0.2) is 0 Å². The number of benzene rings is 1. The van der Waals surface area contributed by atoms with Crippen LogP contribution in [0.15, 0.2) is 33.5 Å². The van der Waals surface area contributed by atoms with Crippen LogP contribution in [0.1, 0.15) is 6.92 Å². The van der Waals surface area contributed by atoms with E-state index in [0.717, 1.165) is 4.47 Å². The Labute approximate surface area is 94.4 Å². The molecule has 1 aromatic heterocycles. The van der Waals surface area contributed by atoms with Crippen LogP contribution < -0.4 is 5.69 Å². The fourth-order valence-electron chi connectivity index (χ4n) is 1.25. The lowest BCUT2D eigenvalue weighted by Crippen LogP contribution is -2.23. The van der Waals surface area contributed by atoms with Gasteiger partial charge < -0.3 is 0 Å². The van der Waals surface area contributed by atoms with Crippen LogP contribution in [-0.2, 0) is 6.54 Å². The van der Waals surface area contributed by atoms with Gasteiger partial charge >= 0.3 is 5.69 Å². The second-order valence-corrected chi connectivity index (χ2v) is 3.79. The molecule has 0 radical (unpaired) electrons. The van der Waals surface area contributed by atoms with Crippen LogP contribution in [-0.4, -0.2) is 19.8 Å². The van der Waals surface area contributed by atoms with Crippen LogP contribution in [0.5, 0.6) is 0 Å². The number of tetrazole rings is 1. The van der Waals surface area contributed by atoms with Crippen molar-refractivity contribution in [2.45, 2.75) is 13.5 Å². The quantitative estimate of drug-likeness (QED) is 0.823. The Morgan fingerprint density at radius 2 is 2.07 bits per heavy atom. The minimum Gasteiger partial charge on any atom is -0.244 e. The van der Waals surface area contributed by atoms with Crippen molar-refractivity contribution in [3.8, 4) is 5.69 Å². The molecule has 0 aliphatic carbocycles. The molecule has 1 aromatic carbocycles. The van der Waals surface area contributed by atoms with Crippen molar-refractivity contribution in [1.82, 2.24) is 19.8 Å². The largest absolute Gasteiger partial charge is 0.368 e. The van der Waals surface area contributed by atoms with Gasteiger partial charge in [-0.1, -0.05) is 12.1 Å². The summed E-state index contributed by atoms with van der Waals surface area (Å²) in [6.45, 7) is 2.36. The highest BCUT2D eigenvalue weighted by Gasteiger charge is 2.09. The van der Waals surface area contributed by atoms with Gasteiger partial charge in [-0.05, 0) is 45.4 Å². The summed E-state index contributed by atoms with van der Waals surface area (Å²) in [4.78, 5) is 11.7. The molecule has 2 aromatic rings. The topological polar surface area (TPSA) is 52.7 Å². The lowest BCUT2D eigenvalue weighted by molar-refractivity contribution is 0.609. The van der Waals surface area contributed by atoms with Crippen molar-refractivity contribution < 1.29 is 0 Å². The first-order chi connectivity index (χ1) is 7.24. The summed E-state index contributed by atoms with van der Waals surface area (Å²) in [7, 11) is 0. The molecule has 0 unspecified atom stereocenters. The van der Waals surface area contributed by atoms with Crippen LogP contribution >= 0.6 is 15.9 Å². The van der Waals surface area contributed by atoms with Gasteiger partial charge in [-0.2, -0.15) is 9.36 Å². The Bertz CT molecular complexity index is 531. The molecule has 2 rings (SSSR count). The van der Waals surface area contributed by atoms with Crippen LogP contribution in [0.2, 0.25) is 0 Å². The molecule has 0 bridgehead atoms. The summed E-state index contributed by atoms with van der Waals surface area (Å²) in [6.07, 6.45) is 0. The Morgan fingerprint density at radius 1 is 1.33 bits per heavy atom. The highest BCUT2D eigenvalue weighted by Crippen LogP contribution is 2.17. The van der Waals surface area contributed by atoms with Crippen LogP contribution in [0.3, 0.4) is 0 Å². The molecule has 0 saturated carbocycles. The van der Waals surface area contributed by atoms with Gasteiger partial charge in [0.25, 0.3) is 0 Å². The first-order valence-electron chi connectivity index (χ1n) is 4.51. The average Bonchev–Trinajstić information content (AvgIpc) is 2.60. The van der Waals surface area contributed by atoms with E-state index in [2.05, 4.69) is 26.4 Å². The van der Waals surface area contributed by atoms with Crippen molar-refractivity contribution in [2.24, 2.45) is 0 Å². The van der Waals surface area contributed by atoms with Crippen molar-refractivity contribution in [2.75, 3.05) is 0 Å². The monoisotopic (exact) mass is 268 g/mol. The van der Waals surface area contributed by atoms with Crippen LogP contribution in [0.4, 0.5) is 0 Å². The lowest BCUT2D eigenvalue weighted by atomic mass is 10.3. The molecular formula is C9H9BrN4O. The zero-order valence-electron chi connectivity index (χ0n) is 8.09. The van der Waals surface area contributed by atoms with E-state index in [1.165, 1.54) is 9.36 Å². The first kappa shape index (κ1) is 10.1. The first-order valence-corrected chi connectivity index (χ1v) is 5.31. The van der Waals surface area contributed by atoms with E-state index >= 15 is 0 Å². The molecule has 0 spiro atoms. The number of aryl methyl sites for hydroxylation is 1. The normalized spacial score (nSPS) is 10.5. The molecule has 78 valence electrons. The summed E-state index contributed by atoms with van der Waals surface area (Å²) in [5, 5.41) is 7.55. The third kappa shape index (κ3) is 1.72. The molecule has 0 saturated heterocycles. The highest BCUT2D eigenvalue weighted by atomic mass is 79.9. The minimum atomic E-state index is -0.232. The number of hydrogen-bond donors (Lipinski definition) is 0. The van der Waals surface area contributed by atoms with E-state index in [4.69, 9.17) is 0 Å². The average molecular weight is 269 g/mol. The smallest absolute Gasteiger partial charge is 0.244 e. The molecule has 0 atom stereocenters. The summed E-state index contributed by atoms with van der Waals surface area (Å²) in [6, 6.07) is 7.38. The van der Waals surface area contributed by atoms with E-state index in [1.807, 2.05) is 25.1 Å². The molecule has 1 heterocycles. The molecular weight excluding hydrogens is 260 g/mol. The van der Waals surface area contributed by atoms with E-state index in [0.29, 0.717) is 12.2 Å². The van der Waals surface area contributed by atoms with E-state index in [9.17, 15) is 4.79 Å². The fraction of sp³-hybridized carbons (Fsp3) is 0.222. The Morgan fingerprint density at radius 3 is 2.67 bits per heavy atom. The molecule has 0 N–H and O–H groups in total. The van der Waals surface area contributed by atoms with Crippen LogP contribution in [0.25, 0.3) is 5.69 Å². The van der Waals surface area contributed by atoms with Gasteiger partial charge in [-0.25, -0.2) is 4.79 Å². The van der Waals surface area contributed by atoms with E-state index < -0.39 is 0 Å². The lowest BCUT2D eigenvalue weighted by Gasteiger charge is -1.99. The Kier molecular flexibility index (Phi) is 2.68. The van der Waals surface area contributed by atoms with Crippen molar-refractivity contribution in [3.05, 3.63) is 39.2 Å². The van der Waals surface area contributed by atoms with Gasteiger partial charge in [0.2, 0.25) is 0 Å². The number of halogens is 1. The third-order valence-corrected chi connectivity index (χ3v) is 2.69. The molecule has 0 aliphatic heterocycles. The van der Waals surface area contributed by atoms with E-state index in [1.54, 1.807) is 6.07 Å². The van der Waals surface area contributed by atoms with Gasteiger partial charge in [0.1, 0.15) is 0 Å². The summed E-state index contributed by atoms with van der Waals surface area (Å²) < 4.78 is 3.39. The molecule has 6 heteroatoms. The van der Waals surface area contributed by atoms with Crippen LogP contribution in [0, 0.1) is 0 Å². The van der Waals surface area contributed by atoms with Crippen molar-refractivity contribution >= 4 is 15.9 Å². The fourth-order valence-corrected chi connectivity index (χ4v) is 1.70. The second kappa shape index (κ2) is 3.98. The molecule has 15 heavy (non-hydrogen) atoms. The van der Waals surface area contributed by atoms with Gasteiger partial charge in [0, 0.05) is 11.0 Å². The van der Waals surface area contributed by atoms with Crippen molar-refractivity contribution in [1.29, 1.82) is 0 Å². The number of rotatable bonds is 2. The molecule has 5 nitrogen and oxygen atoms in total. The maximum absolute atomic E-state index is 11.7. The number of hydrogen-bond acceptors (Lipinski definition) is 3. The summed E-state index contributed by atoms with van der Waals surface area (Å²) in [5.41, 5.74) is 0.464. The number of aromatic nitrogens is 4. The standard InChI is InChI=1S/C9H9BrN4O/c1-2-13-9(15)14(12-11-13)8-6-4-3-5-7(8)10/h3-6H,2H2,1H3. The van der Waals surface area contributed by atoms with Gasteiger partial charge in [-0.15, -0.1) is 0 Å². The van der Waals surface area contributed by atoms with Gasteiger partial charge in [-0.3, -0.25) is 0 Å². The predicted molar refractivity (Wildman–Crippen MR) is 59.0 cm³/mol. The number of para-hydroxylation sites is 1. The zero-order valence-corrected chi connectivity index (χ0v) is 9.68. The summed E-state index contributed by atoms with van der Waals surface area (Å²) in [5.74, 6) is 0. The SMILES string of the molecule is CCn1nnn(-c2ccccc2Br)c1=O. The Hall–Kier alpha value is -1.43. The third-order valence-electron chi connectivity index (χ3n) is 2.02. The maximum Gasteiger partial charge on any atom is 0.368 e. The zero-order chi connectivity index (χ0) is 10.8. The predicted octanol–water partition coefficient (Wildman–Crippen LogP) is 1.21. The maximum atomic E-state index is 11.7.